The van der Waals surface area contributed by atoms with E-state index in [1.807, 2.05) is 17.0 Å². The fourth-order valence-corrected chi connectivity index (χ4v) is 3.40. The van der Waals surface area contributed by atoms with Crippen LogP contribution in [0.4, 0.5) is 10.5 Å². The number of carbonyl (C=O) groups excluding carboxylic acids is 1. The van der Waals surface area contributed by atoms with Crippen molar-refractivity contribution in [1.82, 2.24) is 5.32 Å². The molecule has 2 fully saturated rings. The molecule has 0 aromatic heterocycles. The minimum absolute atomic E-state index is 0.0292. The summed E-state index contributed by atoms with van der Waals surface area (Å²) in [6.07, 6.45) is 6.02. The molecule has 18 heavy (non-hydrogen) atoms. The van der Waals surface area contributed by atoms with Crippen LogP contribution in [-0.4, -0.2) is 18.1 Å². The molecular weight excluding hydrogens is 224 g/mol. The molecule has 0 bridgehead atoms. The van der Waals surface area contributed by atoms with Crippen molar-refractivity contribution in [3.8, 4) is 0 Å². The number of para-hydroxylation sites is 1. The van der Waals surface area contributed by atoms with Crippen LogP contribution in [0.5, 0.6) is 0 Å². The van der Waals surface area contributed by atoms with Gasteiger partial charge in [-0.15, -0.1) is 0 Å². The molecule has 2 amide bonds. The van der Waals surface area contributed by atoms with E-state index in [1.54, 1.807) is 0 Å². The van der Waals surface area contributed by atoms with E-state index in [2.05, 4.69) is 24.4 Å². The molecule has 1 N–H and O–H groups in total. The van der Waals surface area contributed by atoms with Gasteiger partial charge in [-0.25, -0.2) is 4.79 Å². The van der Waals surface area contributed by atoms with Gasteiger partial charge in [-0.2, -0.15) is 0 Å². The summed E-state index contributed by atoms with van der Waals surface area (Å²) < 4.78 is 0. The van der Waals surface area contributed by atoms with E-state index >= 15 is 0 Å². The Morgan fingerprint density at radius 3 is 2.61 bits per heavy atom. The van der Waals surface area contributed by atoms with E-state index < -0.39 is 0 Å². The second-order valence-electron chi connectivity index (χ2n) is 5.57. The van der Waals surface area contributed by atoms with E-state index in [4.69, 9.17) is 0 Å². The SMILES string of the molecule is Cc1ccccc1N1C(=O)NCC12CCCCC2. The zero-order valence-electron chi connectivity index (χ0n) is 10.9. The zero-order valence-corrected chi connectivity index (χ0v) is 10.9. The first-order chi connectivity index (χ1) is 8.73. The molecule has 1 aliphatic heterocycles. The minimum atomic E-state index is 0.0292. The topological polar surface area (TPSA) is 32.3 Å². The zero-order chi connectivity index (χ0) is 12.6. The van der Waals surface area contributed by atoms with Gasteiger partial charge in [0.1, 0.15) is 0 Å². The van der Waals surface area contributed by atoms with Gasteiger partial charge in [0.2, 0.25) is 0 Å². The number of nitrogens with zero attached hydrogens (tertiary/aromatic N) is 1. The van der Waals surface area contributed by atoms with Crippen molar-refractivity contribution in [2.75, 3.05) is 11.4 Å². The largest absolute Gasteiger partial charge is 0.335 e. The number of nitrogens with one attached hydrogen (secondary N) is 1. The highest BCUT2D eigenvalue weighted by Gasteiger charge is 2.46. The normalized spacial score (nSPS) is 22.3. The number of amides is 2. The molecule has 0 atom stereocenters. The number of urea groups is 1. The smallest absolute Gasteiger partial charge is 0.322 e. The number of carbonyl (C=O) groups is 1. The van der Waals surface area contributed by atoms with Gasteiger partial charge < -0.3 is 5.32 Å². The van der Waals surface area contributed by atoms with Crippen molar-refractivity contribution in [2.45, 2.75) is 44.6 Å². The molecule has 1 saturated heterocycles. The van der Waals surface area contributed by atoms with Gasteiger partial charge in [-0.3, -0.25) is 4.90 Å². The number of anilines is 1. The molecule has 0 unspecified atom stereocenters. The molecule has 3 heteroatoms. The fourth-order valence-electron chi connectivity index (χ4n) is 3.40. The third-order valence-corrected chi connectivity index (χ3v) is 4.39. The number of hydrogen-bond donors (Lipinski definition) is 1. The Balaban J connectivity index is 2.02. The maximum absolute atomic E-state index is 12.2. The Bertz CT molecular complexity index is 463. The van der Waals surface area contributed by atoms with Crippen LogP contribution < -0.4 is 10.2 Å². The van der Waals surface area contributed by atoms with Crippen LogP contribution in [0.3, 0.4) is 0 Å². The lowest BCUT2D eigenvalue weighted by molar-refractivity contribution is 0.248. The molecule has 96 valence electrons. The minimum Gasteiger partial charge on any atom is -0.335 e. The van der Waals surface area contributed by atoms with E-state index in [0.717, 1.165) is 25.1 Å². The Hall–Kier alpha value is -1.51. The van der Waals surface area contributed by atoms with Gasteiger partial charge >= 0.3 is 6.03 Å². The molecule has 1 spiro atoms. The van der Waals surface area contributed by atoms with Crippen LogP contribution in [0.2, 0.25) is 0 Å². The average molecular weight is 244 g/mol. The summed E-state index contributed by atoms with van der Waals surface area (Å²) in [7, 11) is 0. The van der Waals surface area contributed by atoms with Crippen molar-refractivity contribution in [1.29, 1.82) is 0 Å². The Labute approximate surface area is 108 Å². The number of hydrogen-bond acceptors (Lipinski definition) is 1. The van der Waals surface area contributed by atoms with Gasteiger partial charge in [0, 0.05) is 12.2 Å². The van der Waals surface area contributed by atoms with E-state index in [0.29, 0.717) is 0 Å². The maximum atomic E-state index is 12.2. The Morgan fingerprint density at radius 2 is 1.89 bits per heavy atom. The van der Waals surface area contributed by atoms with Gasteiger partial charge in [-0.05, 0) is 31.4 Å². The van der Waals surface area contributed by atoms with Crippen LogP contribution in [0, 0.1) is 6.92 Å². The predicted molar refractivity (Wildman–Crippen MR) is 72.9 cm³/mol. The molecule has 1 heterocycles. The molecule has 1 aliphatic carbocycles. The number of rotatable bonds is 1. The summed E-state index contributed by atoms with van der Waals surface area (Å²) >= 11 is 0. The summed E-state index contributed by atoms with van der Waals surface area (Å²) in [6.45, 7) is 2.89. The Morgan fingerprint density at radius 1 is 1.17 bits per heavy atom. The molecule has 1 saturated carbocycles. The van der Waals surface area contributed by atoms with Crippen molar-refractivity contribution < 1.29 is 4.79 Å². The molecular formula is C15H20N2O. The molecule has 3 rings (SSSR count). The monoisotopic (exact) mass is 244 g/mol. The lowest BCUT2D eigenvalue weighted by atomic mass is 9.81. The van der Waals surface area contributed by atoms with Gasteiger partial charge in [0.05, 0.1) is 5.54 Å². The second kappa shape index (κ2) is 4.30. The predicted octanol–water partition coefficient (Wildman–Crippen LogP) is 3.23. The van der Waals surface area contributed by atoms with Crippen LogP contribution in [0.25, 0.3) is 0 Å². The molecule has 2 aliphatic rings. The van der Waals surface area contributed by atoms with E-state index in [9.17, 15) is 4.79 Å². The Kier molecular flexibility index (Phi) is 2.77. The fraction of sp³-hybridized carbons (Fsp3) is 0.533. The standard InChI is InChI=1S/C15H20N2O/c1-12-7-3-4-8-13(12)17-14(18)16-11-15(17)9-5-2-6-10-15/h3-4,7-8H,2,5-6,9-11H2,1H3,(H,16,18). The van der Waals surface area contributed by atoms with E-state index in [1.165, 1.54) is 24.8 Å². The highest BCUT2D eigenvalue weighted by atomic mass is 16.2. The highest BCUT2D eigenvalue weighted by Crippen LogP contribution is 2.40. The highest BCUT2D eigenvalue weighted by molar-refractivity contribution is 5.96. The molecule has 1 aromatic carbocycles. The quantitative estimate of drug-likeness (QED) is 0.808. The average Bonchev–Trinajstić information content (AvgIpc) is 2.69. The van der Waals surface area contributed by atoms with Crippen LogP contribution in [-0.2, 0) is 0 Å². The number of aryl methyl sites for hydroxylation is 1. The summed E-state index contributed by atoms with van der Waals surface area (Å²) in [5.41, 5.74) is 2.29. The van der Waals surface area contributed by atoms with Crippen LogP contribution in [0.1, 0.15) is 37.7 Å². The van der Waals surface area contributed by atoms with E-state index in [-0.39, 0.29) is 11.6 Å². The number of benzene rings is 1. The summed E-state index contributed by atoms with van der Waals surface area (Å²) in [6, 6.07) is 8.27. The van der Waals surface area contributed by atoms with Crippen molar-refractivity contribution >= 4 is 11.7 Å². The summed E-state index contributed by atoms with van der Waals surface area (Å²) in [5, 5.41) is 3.04. The van der Waals surface area contributed by atoms with Gasteiger partial charge in [0.25, 0.3) is 0 Å². The molecule has 3 nitrogen and oxygen atoms in total. The third kappa shape index (κ3) is 1.69. The van der Waals surface area contributed by atoms with Gasteiger partial charge in [-0.1, -0.05) is 37.5 Å². The van der Waals surface area contributed by atoms with Gasteiger partial charge in [0.15, 0.2) is 0 Å². The second-order valence-corrected chi connectivity index (χ2v) is 5.57. The lowest BCUT2D eigenvalue weighted by Crippen LogP contribution is -2.49. The molecule has 1 aromatic rings. The first-order valence-corrected chi connectivity index (χ1v) is 6.87. The first kappa shape index (κ1) is 11.6. The van der Waals surface area contributed by atoms with Crippen molar-refractivity contribution in [2.24, 2.45) is 0 Å². The third-order valence-electron chi connectivity index (χ3n) is 4.39. The first-order valence-electron chi connectivity index (χ1n) is 6.87. The van der Waals surface area contributed by atoms with Crippen molar-refractivity contribution in [3.05, 3.63) is 29.8 Å². The summed E-state index contributed by atoms with van der Waals surface area (Å²) in [5.74, 6) is 0. The maximum Gasteiger partial charge on any atom is 0.322 e. The van der Waals surface area contributed by atoms with Crippen LogP contribution in [0.15, 0.2) is 24.3 Å². The lowest BCUT2D eigenvalue weighted by Gasteiger charge is -2.40. The molecule has 0 radical (unpaired) electrons. The summed E-state index contributed by atoms with van der Waals surface area (Å²) in [4.78, 5) is 14.2. The van der Waals surface area contributed by atoms with Crippen molar-refractivity contribution in [3.63, 3.8) is 0 Å². The van der Waals surface area contributed by atoms with Crippen LogP contribution >= 0.6 is 0 Å².